The van der Waals surface area contributed by atoms with Gasteiger partial charge in [0.1, 0.15) is 5.52 Å². The summed E-state index contributed by atoms with van der Waals surface area (Å²) in [5.41, 5.74) is 8.06. The largest absolute Gasteiger partial charge is 0.423 e. The Bertz CT molecular complexity index is 578. The number of rotatable bonds is 2. The number of nitrogens with zero attached hydrogens (tertiary/aromatic N) is 1. The number of nitrogen functional groups attached to an aromatic ring is 1. The van der Waals surface area contributed by atoms with Crippen molar-refractivity contribution in [2.24, 2.45) is 11.8 Å². The third-order valence-corrected chi connectivity index (χ3v) is 4.43. The first-order valence-corrected chi connectivity index (χ1v) is 7.06. The molecule has 1 aromatic heterocycles. The molecule has 2 aromatic rings. The number of fused-ring (bicyclic) bond motifs is 1. The summed E-state index contributed by atoms with van der Waals surface area (Å²) in [7, 11) is 0. The van der Waals surface area contributed by atoms with E-state index in [4.69, 9.17) is 10.2 Å². The zero-order chi connectivity index (χ0) is 13.4. The van der Waals surface area contributed by atoms with Gasteiger partial charge in [-0.05, 0) is 30.4 Å². The molecule has 3 N–H and O–H groups in total. The molecule has 0 saturated heterocycles. The van der Waals surface area contributed by atoms with Crippen LogP contribution in [0.3, 0.4) is 0 Å². The zero-order valence-electron chi connectivity index (χ0n) is 11.5. The van der Waals surface area contributed by atoms with Gasteiger partial charge < -0.3 is 15.5 Å². The molecular formula is C15H21N3O. The summed E-state index contributed by atoms with van der Waals surface area (Å²) in [5.74, 6) is 1.40. The van der Waals surface area contributed by atoms with Gasteiger partial charge in [0.15, 0.2) is 5.58 Å². The fourth-order valence-corrected chi connectivity index (χ4v) is 2.95. The van der Waals surface area contributed by atoms with E-state index in [-0.39, 0.29) is 0 Å². The topological polar surface area (TPSA) is 64.1 Å². The fraction of sp³-hybridized carbons (Fsp3) is 0.533. The molecule has 0 radical (unpaired) electrons. The van der Waals surface area contributed by atoms with E-state index in [2.05, 4.69) is 24.1 Å². The van der Waals surface area contributed by atoms with E-state index < -0.39 is 0 Å². The number of aromatic nitrogens is 1. The second-order valence-corrected chi connectivity index (χ2v) is 5.76. The molecule has 1 aliphatic rings. The number of nitrogens with one attached hydrogen (secondary N) is 1. The maximum atomic E-state index is 5.75. The van der Waals surface area contributed by atoms with Crippen LogP contribution in [0.15, 0.2) is 22.6 Å². The Hall–Kier alpha value is -1.71. The highest BCUT2D eigenvalue weighted by atomic mass is 16.4. The van der Waals surface area contributed by atoms with Crippen molar-refractivity contribution in [3.05, 3.63) is 18.2 Å². The van der Waals surface area contributed by atoms with Crippen LogP contribution in [0.4, 0.5) is 11.7 Å². The predicted molar refractivity (Wildman–Crippen MR) is 78.0 cm³/mol. The van der Waals surface area contributed by atoms with Crippen molar-refractivity contribution in [3.8, 4) is 0 Å². The third-order valence-electron chi connectivity index (χ3n) is 4.43. The van der Waals surface area contributed by atoms with Crippen LogP contribution in [-0.4, -0.2) is 11.0 Å². The minimum atomic E-state index is 0.453. The van der Waals surface area contributed by atoms with E-state index in [1.54, 1.807) is 0 Å². The van der Waals surface area contributed by atoms with Crippen LogP contribution < -0.4 is 11.1 Å². The lowest BCUT2D eigenvalue weighted by Crippen LogP contribution is -2.35. The molecule has 1 fully saturated rings. The van der Waals surface area contributed by atoms with Gasteiger partial charge in [-0.3, -0.25) is 0 Å². The SMILES string of the molecule is CC1CCCC(Nc2nc3ccc(N)cc3o2)C1C. The maximum absolute atomic E-state index is 5.75. The average molecular weight is 259 g/mol. The monoisotopic (exact) mass is 259 g/mol. The summed E-state index contributed by atoms with van der Waals surface area (Å²) >= 11 is 0. The Morgan fingerprint density at radius 3 is 3.00 bits per heavy atom. The molecule has 1 heterocycles. The van der Waals surface area contributed by atoms with E-state index in [9.17, 15) is 0 Å². The van der Waals surface area contributed by atoms with Crippen LogP contribution in [0.5, 0.6) is 0 Å². The fourth-order valence-electron chi connectivity index (χ4n) is 2.95. The van der Waals surface area contributed by atoms with Crippen molar-refractivity contribution in [2.45, 2.75) is 39.2 Å². The Morgan fingerprint density at radius 2 is 2.16 bits per heavy atom. The first-order chi connectivity index (χ1) is 9.13. The molecule has 4 heteroatoms. The Balaban J connectivity index is 1.81. The summed E-state index contributed by atoms with van der Waals surface area (Å²) in [6, 6.07) is 6.63. The third kappa shape index (κ3) is 2.39. The molecule has 1 aliphatic carbocycles. The van der Waals surface area contributed by atoms with Gasteiger partial charge in [-0.2, -0.15) is 4.98 Å². The van der Waals surface area contributed by atoms with Crippen molar-refractivity contribution >= 4 is 22.8 Å². The Morgan fingerprint density at radius 1 is 1.32 bits per heavy atom. The zero-order valence-corrected chi connectivity index (χ0v) is 11.5. The van der Waals surface area contributed by atoms with Gasteiger partial charge >= 0.3 is 0 Å². The molecule has 3 atom stereocenters. The number of benzene rings is 1. The smallest absolute Gasteiger partial charge is 0.295 e. The molecule has 0 amide bonds. The van der Waals surface area contributed by atoms with Crippen LogP contribution in [-0.2, 0) is 0 Å². The second-order valence-electron chi connectivity index (χ2n) is 5.76. The molecule has 0 bridgehead atoms. The van der Waals surface area contributed by atoms with Crippen molar-refractivity contribution in [1.82, 2.24) is 4.98 Å². The van der Waals surface area contributed by atoms with Gasteiger partial charge in [-0.1, -0.05) is 26.7 Å². The van der Waals surface area contributed by atoms with E-state index >= 15 is 0 Å². The van der Waals surface area contributed by atoms with E-state index in [1.807, 2.05) is 18.2 Å². The molecule has 19 heavy (non-hydrogen) atoms. The number of hydrogen-bond acceptors (Lipinski definition) is 4. The normalized spacial score (nSPS) is 27.6. The van der Waals surface area contributed by atoms with Crippen LogP contribution >= 0.6 is 0 Å². The summed E-state index contributed by atoms with van der Waals surface area (Å²) in [6.07, 6.45) is 3.78. The molecule has 1 aromatic carbocycles. The van der Waals surface area contributed by atoms with Crippen LogP contribution in [0.1, 0.15) is 33.1 Å². The minimum Gasteiger partial charge on any atom is -0.423 e. The van der Waals surface area contributed by atoms with Gasteiger partial charge in [-0.15, -0.1) is 0 Å². The average Bonchev–Trinajstić information content (AvgIpc) is 2.76. The highest BCUT2D eigenvalue weighted by molar-refractivity contribution is 5.78. The number of nitrogens with two attached hydrogens (primary N) is 1. The summed E-state index contributed by atoms with van der Waals surface area (Å²) in [5, 5.41) is 3.45. The van der Waals surface area contributed by atoms with Crippen LogP contribution in [0, 0.1) is 11.8 Å². The Labute approximate surface area is 113 Å². The van der Waals surface area contributed by atoms with Crippen LogP contribution in [0.2, 0.25) is 0 Å². The first-order valence-electron chi connectivity index (χ1n) is 7.06. The Kier molecular flexibility index (Phi) is 3.09. The molecule has 0 spiro atoms. The molecule has 4 nitrogen and oxygen atoms in total. The van der Waals surface area contributed by atoms with Crippen molar-refractivity contribution < 1.29 is 4.42 Å². The van der Waals surface area contributed by atoms with Crippen molar-refractivity contribution in [1.29, 1.82) is 0 Å². The van der Waals surface area contributed by atoms with E-state index in [1.165, 1.54) is 19.3 Å². The van der Waals surface area contributed by atoms with Crippen LogP contribution in [0.25, 0.3) is 11.1 Å². The van der Waals surface area contributed by atoms with Gasteiger partial charge in [-0.25, -0.2) is 0 Å². The lowest BCUT2D eigenvalue weighted by molar-refractivity contribution is 0.250. The number of oxazole rings is 1. The molecule has 3 unspecified atom stereocenters. The van der Waals surface area contributed by atoms with Gasteiger partial charge in [0.2, 0.25) is 0 Å². The van der Waals surface area contributed by atoms with Gasteiger partial charge in [0, 0.05) is 17.8 Å². The lowest BCUT2D eigenvalue weighted by Gasteiger charge is -2.34. The molecular weight excluding hydrogens is 238 g/mol. The van der Waals surface area contributed by atoms with E-state index in [0.29, 0.717) is 23.7 Å². The quantitative estimate of drug-likeness (QED) is 0.808. The predicted octanol–water partition coefficient (Wildman–Crippen LogP) is 3.65. The van der Waals surface area contributed by atoms with Crippen molar-refractivity contribution in [3.63, 3.8) is 0 Å². The highest BCUT2D eigenvalue weighted by Gasteiger charge is 2.27. The number of hydrogen-bond donors (Lipinski definition) is 2. The maximum Gasteiger partial charge on any atom is 0.295 e. The molecule has 102 valence electrons. The lowest BCUT2D eigenvalue weighted by atomic mass is 9.78. The second kappa shape index (κ2) is 4.76. The summed E-state index contributed by atoms with van der Waals surface area (Å²) in [6.45, 7) is 4.63. The summed E-state index contributed by atoms with van der Waals surface area (Å²) in [4.78, 5) is 4.47. The van der Waals surface area contributed by atoms with E-state index in [0.717, 1.165) is 17.0 Å². The standard InChI is InChI=1S/C15H21N3O/c1-9-4-3-5-12(10(9)2)17-15-18-13-7-6-11(16)8-14(13)19-15/h6-10,12H,3-5,16H2,1-2H3,(H,17,18). The number of anilines is 2. The summed E-state index contributed by atoms with van der Waals surface area (Å²) < 4.78 is 5.73. The van der Waals surface area contributed by atoms with Crippen molar-refractivity contribution in [2.75, 3.05) is 11.1 Å². The molecule has 3 rings (SSSR count). The molecule has 1 saturated carbocycles. The van der Waals surface area contributed by atoms with Gasteiger partial charge in [0.05, 0.1) is 0 Å². The molecule has 0 aliphatic heterocycles. The highest BCUT2D eigenvalue weighted by Crippen LogP contribution is 2.32. The first kappa shape index (κ1) is 12.3. The van der Waals surface area contributed by atoms with Gasteiger partial charge in [0.25, 0.3) is 6.01 Å². The minimum absolute atomic E-state index is 0.453.